The van der Waals surface area contributed by atoms with Gasteiger partial charge in [0, 0.05) is 47.7 Å². The van der Waals surface area contributed by atoms with Crippen LogP contribution in [0.3, 0.4) is 0 Å². The van der Waals surface area contributed by atoms with E-state index in [1.54, 1.807) is 18.2 Å². The number of benzene rings is 2. The maximum Gasteiger partial charge on any atom is 0.222 e. The molecule has 1 amide bonds. The molecular weight excluding hydrogens is 485 g/mol. The molecule has 0 fully saturated rings. The number of nitrogens with two attached hydrogens (primary N) is 1. The van der Waals surface area contributed by atoms with Crippen LogP contribution in [0.25, 0.3) is 28.1 Å². The van der Waals surface area contributed by atoms with Crippen molar-refractivity contribution in [1.82, 2.24) is 15.2 Å². The van der Waals surface area contributed by atoms with Gasteiger partial charge in [-0.1, -0.05) is 36.4 Å². The Morgan fingerprint density at radius 3 is 2.39 bits per heavy atom. The van der Waals surface area contributed by atoms with E-state index in [-0.39, 0.29) is 36.6 Å². The molecule has 0 spiro atoms. The van der Waals surface area contributed by atoms with Crippen LogP contribution in [-0.2, 0) is 4.79 Å². The number of carbonyl (C=O) groups excluding carboxylic acids is 1. The van der Waals surface area contributed by atoms with E-state index in [1.165, 1.54) is 12.1 Å². The Labute approximate surface area is 222 Å². The predicted octanol–water partition coefficient (Wildman–Crippen LogP) is 3.92. The number of fused-ring (bicyclic) bond motifs is 1. The Kier molecular flexibility index (Phi) is 10.4. The third-order valence-corrected chi connectivity index (χ3v) is 6.25. The van der Waals surface area contributed by atoms with Crippen LogP contribution in [0.4, 0.5) is 4.39 Å². The highest BCUT2D eigenvalue weighted by Gasteiger charge is 2.19. The lowest BCUT2D eigenvalue weighted by molar-refractivity contribution is -0.123. The molecular formula is C29H38FN5O3. The Morgan fingerprint density at radius 2 is 1.74 bits per heavy atom. The number of hydrogen-bond acceptors (Lipinski definition) is 4. The van der Waals surface area contributed by atoms with Crippen LogP contribution < -0.4 is 16.4 Å². The Morgan fingerprint density at radius 1 is 1.08 bits per heavy atom. The number of amides is 1. The first-order valence-electron chi connectivity index (χ1n) is 12.9. The molecule has 0 radical (unpaired) electrons. The largest absolute Gasteiger partial charge is 0.392 e. The van der Waals surface area contributed by atoms with Gasteiger partial charge in [-0.3, -0.25) is 10.2 Å². The zero-order valence-electron chi connectivity index (χ0n) is 22.0. The van der Waals surface area contributed by atoms with Crippen molar-refractivity contribution >= 4 is 28.8 Å². The van der Waals surface area contributed by atoms with E-state index < -0.39 is 12.2 Å². The number of unbranched alkanes of at least 4 members (excludes halogenated alkanes) is 1. The maximum absolute atomic E-state index is 13.6. The summed E-state index contributed by atoms with van der Waals surface area (Å²) in [5.41, 5.74) is 8.93. The predicted molar refractivity (Wildman–Crippen MR) is 150 cm³/mol. The van der Waals surface area contributed by atoms with E-state index in [0.717, 1.165) is 34.1 Å². The first-order valence-corrected chi connectivity index (χ1v) is 12.9. The van der Waals surface area contributed by atoms with Gasteiger partial charge in [-0.2, -0.15) is 0 Å². The number of aromatic nitrogens is 1. The van der Waals surface area contributed by atoms with Gasteiger partial charge >= 0.3 is 0 Å². The van der Waals surface area contributed by atoms with Crippen molar-refractivity contribution in [2.75, 3.05) is 13.1 Å². The minimum absolute atomic E-state index is 0.0141. The standard InChI is InChI=1S/C29H38FN5O3/c1-19(2)35-25-8-4-3-7-24(25)28(20-9-11-21(30)12-10-20)26(35)14-13-22(36)17-23(37)18-27(38)33-15-5-6-16-34-29(31)32/h3-4,7-14,19,22-23,36-37H,5-6,15-18H2,1-2H3,(H,33,38)(H4,31,32,34)/b14-13+/t22-,23-/m0/s1. The summed E-state index contributed by atoms with van der Waals surface area (Å²) >= 11 is 0. The molecule has 38 heavy (non-hydrogen) atoms. The van der Waals surface area contributed by atoms with Crippen LogP contribution in [0.5, 0.6) is 0 Å². The van der Waals surface area contributed by atoms with Gasteiger partial charge in [-0.05, 0) is 56.5 Å². The number of aliphatic hydroxyl groups is 2. The van der Waals surface area contributed by atoms with Crippen LogP contribution in [-0.4, -0.2) is 51.9 Å². The van der Waals surface area contributed by atoms with Crippen molar-refractivity contribution in [2.45, 2.75) is 57.8 Å². The number of carbonyl (C=O) groups is 1. The molecule has 3 aromatic rings. The molecule has 7 N–H and O–H groups in total. The van der Waals surface area contributed by atoms with E-state index in [4.69, 9.17) is 11.1 Å². The molecule has 8 nitrogen and oxygen atoms in total. The monoisotopic (exact) mass is 523 g/mol. The number of para-hydroxylation sites is 1. The molecule has 0 saturated carbocycles. The summed E-state index contributed by atoms with van der Waals surface area (Å²) in [6.07, 6.45) is 2.88. The lowest BCUT2D eigenvalue weighted by Crippen LogP contribution is -2.32. The molecule has 204 valence electrons. The molecule has 0 bridgehead atoms. The highest BCUT2D eigenvalue weighted by molar-refractivity contribution is 6.01. The van der Waals surface area contributed by atoms with Crippen LogP contribution in [0, 0.1) is 11.2 Å². The van der Waals surface area contributed by atoms with Gasteiger partial charge in [-0.25, -0.2) is 4.39 Å². The molecule has 0 aliphatic rings. The number of nitrogens with one attached hydrogen (secondary N) is 3. The van der Waals surface area contributed by atoms with Crippen molar-refractivity contribution in [1.29, 1.82) is 5.41 Å². The van der Waals surface area contributed by atoms with Crippen molar-refractivity contribution < 1.29 is 19.4 Å². The fourth-order valence-electron chi connectivity index (χ4n) is 4.55. The normalized spacial score (nSPS) is 13.2. The van der Waals surface area contributed by atoms with Gasteiger partial charge in [0.2, 0.25) is 5.91 Å². The number of guanidine groups is 1. The van der Waals surface area contributed by atoms with Gasteiger partial charge in [0.25, 0.3) is 0 Å². The molecule has 0 saturated heterocycles. The molecule has 0 aliphatic carbocycles. The summed E-state index contributed by atoms with van der Waals surface area (Å²) in [7, 11) is 0. The summed E-state index contributed by atoms with van der Waals surface area (Å²) in [5, 5.41) is 34.6. The molecule has 1 heterocycles. The lowest BCUT2D eigenvalue weighted by Gasteiger charge is -2.15. The highest BCUT2D eigenvalue weighted by atomic mass is 19.1. The van der Waals surface area contributed by atoms with Gasteiger partial charge < -0.3 is 31.1 Å². The van der Waals surface area contributed by atoms with Gasteiger partial charge in [0.1, 0.15) is 5.82 Å². The Bertz CT molecular complexity index is 1250. The molecule has 1 aromatic heterocycles. The Hall–Kier alpha value is -3.69. The fraction of sp³-hybridized carbons (Fsp3) is 0.379. The second-order valence-electron chi connectivity index (χ2n) is 9.67. The summed E-state index contributed by atoms with van der Waals surface area (Å²) in [4.78, 5) is 12.1. The van der Waals surface area contributed by atoms with Gasteiger partial charge in [-0.15, -0.1) is 0 Å². The maximum atomic E-state index is 13.6. The van der Waals surface area contributed by atoms with Gasteiger partial charge in [0.15, 0.2) is 5.96 Å². The number of nitrogens with zero attached hydrogens (tertiary/aromatic N) is 1. The van der Waals surface area contributed by atoms with Crippen LogP contribution in [0.1, 0.15) is 51.3 Å². The van der Waals surface area contributed by atoms with E-state index in [2.05, 4.69) is 29.0 Å². The van der Waals surface area contributed by atoms with Crippen molar-refractivity contribution in [3.63, 3.8) is 0 Å². The second-order valence-corrected chi connectivity index (χ2v) is 9.67. The summed E-state index contributed by atoms with van der Waals surface area (Å²) in [5.74, 6) is -0.675. The average Bonchev–Trinajstić information content (AvgIpc) is 3.19. The van der Waals surface area contributed by atoms with Crippen LogP contribution >= 0.6 is 0 Å². The molecule has 9 heteroatoms. The summed E-state index contributed by atoms with van der Waals surface area (Å²) in [6, 6.07) is 14.5. The SMILES string of the molecule is CC(C)n1c(/C=C/[C@H](O)C[C@H](O)CC(=O)NCCCCNC(=N)N)c(-c2ccc(F)cc2)c2ccccc21. The molecule has 0 aliphatic heterocycles. The summed E-state index contributed by atoms with van der Waals surface area (Å²) < 4.78 is 15.8. The quantitative estimate of drug-likeness (QED) is 0.115. The third-order valence-electron chi connectivity index (χ3n) is 6.25. The highest BCUT2D eigenvalue weighted by Crippen LogP contribution is 2.38. The Balaban J connectivity index is 1.68. The van der Waals surface area contributed by atoms with E-state index in [0.29, 0.717) is 19.5 Å². The van der Waals surface area contributed by atoms with Crippen molar-refractivity contribution in [3.05, 3.63) is 66.1 Å². The second kappa shape index (κ2) is 13.7. The number of hydrogen-bond donors (Lipinski definition) is 6. The van der Waals surface area contributed by atoms with Gasteiger partial charge in [0.05, 0.1) is 18.6 Å². The van der Waals surface area contributed by atoms with E-state index in [9.17, 15) is 19.4 Å². The minimum Gasteiger partial charge on any atom is -0.392 e. The van der Waals surface area contributed by atoms with Crippen molar-refractivity contribution in [3.8, 4) is 11.1 Å². The van der Waals surface area contributed by atoms with E-state index >= 15 is 0 Å². The van der Waals surface area contributed by atoms with Crippen LogP contribution in [0.2, 0.25) is 0 Å². The first kappa shape index (κ1) is 28.9. The molecule has 3 rings (SSSR count). The van der Waals surface area contributed by atoms with Crippen LogP contribution in [0.15, 0.2) is 54.6 Å². The molecule has 0 unspecified atom stereocenters. The fourth-order valence-corrected chi connectivity index (χ4v) is 4.55. The molecule has 2 atom stereocenters. The summed E-state index contributed by atoms with van der Waals surface area (Å²) in [6.45, 7) is 5.18. The van der Waals surface area contributed by atoms with Crippen molar-refractivity contribution in [2.24, 2.45) is 5.73 Å². The number of halogens is 1. The number of rotatable bonds is 13. The average molecular weight is 524 g/mol. The smallest absolute Gasteiger partial charge is 0.222 e. The molecule has 2 aromatic carbocycles. The number of aliphatic hydroxyl groups excluding tert-OH is 2. The zero-order valence-corrected chi connectivity index (χ0v) is 22.0. The lowest BCUT2D eigenvalue weighted by atomic mass is 10.0. The van der Waals surface area contributed by atoms with E-state index in [1.807, 2.05) is 30.3 Å². The zero-order chi connectivity index (χ0) is 27.7. The topological polar surface area (TPSA) is 136 Å². The third kappa shape index (κ3) is 7.90. The first-order chi connectivity index (χ1) is 18.2. The minimum atomic E-state index is -0.999.